The molecule has 0 fully saturated rings. The molecule has 0 aliphatic rings. The lowest BCUT2D eigenvalue weighted by Gasteiger charge is -1.97. The minimum atomic E-state index is 0.685. The third-order valence-corrected chi connectivity index (χ3v) is 1.51. The van der Waals surface area contributed by atoms with E-state index in [2.05, 4.69) is 15.0 Å². The van der Waals surface area contributed by atoms with Gasteiger partial charge in [0.25, 0.3) is 0 Å². The molecule has 0 radical (unpaired) electrons. The van der Waals surface area contributed by atoms with Crippen molar-refractivity contribution in [2.45, 2.75) is 0 Å². The molecule has 2 heterocycles. The Labute approximate surface area is 63.2 Å². The van der Waals surface area contributed by atoms with Gasteiger partial charge < -0.3 is 9.72 Å². The second-order valence-electron chi connectivity index (χ2n) is 2.11. The standard InChI is InChI=1S/C7H7N3O/c1-11-5-2-3-8-7-6(5)9-4-10-7/h2-4H,1H3,(H,8,9,10). The summed E-state index contributed by atoms with van der Waals surface area (Å²) in [4.78, 5) is 10.9. The van der Waals surface area contributed by atoms with Crippen LogP contribution in [-0.2, 0) is 0 Å². The van der Waals surface area contributed by atoms with E-state index in [1.54, 1.807) is 25.7 Å². The van der Waals surface area contributed by atoms with E-state index >= 15 is 0 Å². The number of fused-ring (bicyclic) bond motifs is 1. The average Bonchev–Trinajstić information content (AvgIpc) is 2.50. The molecular formula is C7H7N3O. The summed E-state index contributed by atoms with van der Waals surface area (Å²) in [7, 11) is 1.62. The van der Waals surface area contributed by atoms with Gasteiger partial charge in [-0.05, 0) is 0 Å². The quantitative estimate of drug-likeness (QED) is 0.657. The van der Waals surface area contributed by atoms with E-state index in [9.17, 15) is 0 Å². The monoisotopic (exact) mass is 149 g/mol. The van der Waals surface area contributed by atoms with Crippen molar-refractivity contribution in [2.24, 2.45) is 0 Å². The van der Waals surface area contributed by atoms with Crippen LogP contribution < -0.4 is 4.74 Å². The maximum absolute atomic E-state index is 5.07. The number of H-pyrrole nitrogens is 1. The number of aromatic amines is 1. The Kier molecular flexibility index (Phi) is 1.25. The number of ether oxygens (including phenoxy) is 1. The van der Waals surface area contributed by atoms with Gasteiger partial charge in [-0.3, -0.25) is 0 Å². The predicted molar refractivity (Wildman–Crippen MR) is 40.4 cm³/mol. The first kappa shape index (κ1) is 6.15. The van der Waals surface area contributed by atoms with Gasteiger partial charge in [-0.1, -0.05) is 0 Å². The highest BCUT2D eigenvalue weighted by atomic mass is 16.5. The van der Waals surface area contributed by atoms with E-state index in [0.717, 1.165) is 11.3 Å². The topological polar surface area (TPSA) is 50.8 Å². The second-order valence-corrected chi connectivity index (χ2v) is 2.11. The van der Waals surface area contributed by atoms with Gasteiger partial charge >= 0.3 is 0 Å². The van der Waals surface area contributed by atoms with Crippen molar-refractivity contribution in [1.82, 2.24) is 15.0 Å². The molecule has 2 aromatic heterocycles. The third-order valence-electron chi connectivity index (χ3n) is 1.51. The number of hydrogen-bond donors (Lipinski definition) is 1. The van der Waals surface area contributed by atoms with Crippen LogP contribution in [0.15, 0.2) is 18.6 Å². The van der Waals surface area contributed by atoms with E-state index in [1.165, 1.54) is 0 Å². The Balaban J connectivity index is 2.79. The molecule has 4 heteroatoms. The molecule has 0 saturated heterocycles. The molecule has 1 N–H and O–H groups in total. The Bertz CT molecular complexity index is 368. The smallest absolute Gasteiger partial charge is 0.181 e. The average molecular weight is 149 g/mol. The summed E-state index contributed by atoms with van der Waals surface area (Å²) in [6.07, 6.45) is 3.27. The van der Waals surface area contributed by atoms with Crippen molar-refractivity contribution in [3.05, 3.63) is 18.6 Å². The highest BCUT2D eigenvalue weighted by Crippen LogP contribution is 2.18. The van der Waals surface area contributed by atoms with Crippen LogP contribution in [0.1, 0.15) is 0 Å². The molecule has 0 aromatic carbocycles. The van der Waals surface area contributed by atoms with Gasteiger partial charge in [-0.2, -0.15) is 0 Å². The lowest BCUT2D eigenvalue weighted by Crippen LogP contribution is -1.85. The van der Waals surface area contributed by atoms with Gasteiger partial charge in [0.2, 0.25) is 0 Å². The maximum Gasteiger partial charge on any atom is 0.181 e. The Hall–Kier alpha value is -1.58. The molecule has 0 aliphatic carbocycles. The van der Waals surface area contributed by atoms with Gasteiger partial charge in [-0.25, -0.2) is 9.97 Å². The van der Waals surface area contributed by atoms with Gasteiger partial charge in [0.05, 0.1) is 13.4 Å². The summed E-state index contributed by atoms with van der Waals surface area (Å²) < 4.78 is 5.07. The first-order valence-electron chi connectivity index (χ1n) is 3.24. The zero-order chi connectivity index (χ0) is 7.68. The van der Waals surface area contributed by atoms with E-state index in [1.807, 2.05) is 0 Å². The van der Waals surface area contributed by atoms with Gasteiger partial charge in [0, 0.05) is 12.3 Å². The fourth-order valence-electron chi connectivity index (χ4n) is 0.995. The van der Waals surface area contributed by atoms with E-state index in [0.29, 0.717) is 5.65 Å². The third kappa shape index (κ3) is 0.832. The molecule has 4 nitrogen and oxygen atoms in total. The number of methoxy groups -OCH3 is 1. The van der Waals surface area contributed by atoms with Crippen LogP contribution in [0.25, 0.3) is 11.2 Å². The Morgan fingerprint density at radius 3 is 3.18 bits per heavy atom. The number of pyridine rings is 1. The van der Waals surface area contributed by atoms with Crippen LogP contribution in [0.4, 0.5) is 0 Å². The van der Waals surface area contributed by atoms with Crippen molar-refractivity contribution >= 4 is 11.2 Å². The molecule has 56 valence electrons. The van der Waals surface area contributed by atoms with Crippen LogP contribution in [-0.4, -0.2) is 22.1 Å². The zero-order valence-corrected chi connectivity index (χ0v) is 6.03. The van der Waals surface area contributed by atoms with Crippen molar-refractivity contribution in [1.29, 1.82) is 0 Å². The largest absolute Gasteiger partial charge is 0.494 e. The van der Waals surface area contributed by atoms with Crippen molar-refractivity contribution in [3.63, 3.8) is 0 Å². The summed E-state index contributed by atoms with van der Waals surface area (Å²) in [5.74, 6) is 0.771. The normalized spacial score (nSPS) is 10.3. The minimum absolute atomic E-state index is 0.685. The number of rotatable bonds is 1. The van der Waals surface area contributed by atoms with Gasteiger partial charge in [-0.15, -0.1) is 0 Å². The number of aromatic nitrogens is 3. The Morgan fingerprint density at radius 1 is 1.45 bits per heavy atom. The van der Waals surface area contributed by atoms with E-state index in [4.69, 9.17) is 4.74 Å². The van der Waals surface area contributed by atoms with Crippen molar-refractivity contribution in [3.8, 4) is 5.75 Å². The second kappa shape index (κ2) is 2.23. The molecule has 0 atom stereocenters. The predicted octanol–water partition coefficient (Wildman–Crippen LogP) is 0.966. The Morgan fingerprint density at radius 2 is 2.36 bits per heavy atom. The SMILES string of the molecule is COc1ccnc2nc[nH]c12. The first-order valence-corrected chi connectivity index (χ1v) is 3.24. The maximum atomic E-state index is 5.07. The van der Waals surface area contributed by atoms with Crippen LogP contribution in [0.3, 0.4) is 0 Å². The molecule has 2 rings (SSSR count). The summed E-state index contributed by atoms with van der Waals surface area (Å²) in [6.45, 7) is 0. The molecule has 0 unspecified atom stereocenters. The molecular weight excluding hydrogens is 142 g/mol. The molecule has 0 bridgehead atoms. The van der Waals surface area contributed by atoms with Crippen molar-refractivity contribution in [2.75, 3.05) is 7.11 Å². The fraction of sp³-hybridized carbons (Fsp3) is 0.143. The van der Waals surface area contributed by atoms with Gasteiger partial charge in [0.1, 0.15) is 11.3 Å². The van der Waals surface area contributed by atoms with Crippen LogP contribution >= 0.6 is 0 Å². The minimum Gasteiger partial charge on any atom is -0.494 e. The summed E-state index contributed by atoms with van der Waals surface area (Å²) in [5.41, 5.74) is 1.53. The van der Waals surface area contributed by atoms with Crippen LogP contribution in [0.2, 0.25) is 0 Å². The molecule has 0 aliphatic heterocycles. The van der Waals surface area contributed by atoms with E-state index in [-0.39, 0.29) is 0 Å². The zero-order valence-electron chi connectivity index (χ0n) is 6.03. The van der Waals surface area contributed by atoms with Crippen molar-refractivity contribution < 1.29 is 4.74 Å². The van der Waals surface area contributed by atoms with Crippen LogP contribution in [0, 0.1) is 0 Å². The summed E-state index contributed by atoms with van der Waals surface area (Å²) in [5, 5.41) is 0. The molecule has 0 saturated carbocycles. The molecule has 0 amide bonds. The summed E-state index contributed by atoms with van der Waals surface area (Å²) >= 11 is 0. The highest BCUT2D eigenvalue weighted by molar-refractivity contribution is 5.76. The lowest BCUT2D eigenvalue weighted by atomic mass is 10.4. The van der Waals surface area contributed by atoms with E-state index < -0.39 is 0 Å². The number of imidazole rings is 1. The number of hydrogen-bond acceptors (Lipinski definition) is 3. The number of nitrogens with one attached hydrogen (secondary N) is 1. The molecule has 11 heavy (non-hydrogen) atoms. The number of nitrogens with zero attached hydrogens (tertiary/aromatic N) is 2. The highest BCUT2D eigenvalue weighted by Gasteiger charge is 2.01. The first-order chi connectivity index (χ1) is 5.42. The molecule has 0 spiro atoms. The van der Waals surface area contributed by atoms with Crippen LogP contribution in [0.5, 0.6) is 5.75 Å². The summed E-state index contributed by atoms with van der Waals surface area (Å²) in [6, 6.07) is 1.79. The lowest BCUT2D eigenvalue weighted by molar-refractivity contribution is 0.418. The fourth-order valence-corrected chi connectivity index (χ4v) is 0.995. The van der Waals surface area contributed by atoms with Gasteiger partial charge in [0.15, 0.2) is 5.65 Å². The molecule has 2 aromatic rings.